The zero-order chi connectivity index (χ0) is 37.9. The lowest BCUT2D eigenvalue weighted by molar-refractivity contribution is -0.165. The number of ether oxygens (including phenoxy) is 1. The summed E-state index contributed by atoms with van der Waals surface area (Å²) in [6.07, 6.45) is -5.20. The first-order valence-corrected chi connectivity index (χ1v) is 15.3. The number of hydrogen-bond donors (Lipinski definition) is 4. The number of carbonyl (C=O) groups is 5. The molecule has 270 valence electrons. The van der Waals surface area contributed by atoms with Gasteiger partial charge in [0.15, 0.2) is 0 Å². The molecule has 3 unspecified atom stereocenters. The summed E-state index contributed by atoms with van der Waals surface area (Å²) in [5, 5.41) is 17.5. The van der Waals surface area contributed by atoms with Gasteiger partial charge >= 0.3 is 12.1 Å². The Kier molecular flexibility index (Phi) is 13.3. The molecule has 0 aliphatic heterocycles. The summed E-state index contributed by atoms with van der Waals surface area (Å²) < 4.78 is 72.5. The van der Waals surface area contributed by atoms with Gasteiger partial charge in [-0.3, -0.25) is 24.0 Å². The summed E-state index contributed by atoms with van der Waals surface area (Å²) in [6.45, 7) is 0.373. The van der Waals surface area contributed by atoms with Crippen molar-refractivity contribution in [2.45, 2.75) is 50.5 Å². The molecule has 11 nitrogen and oxygen atoms in total. The van der Waals surface area contributed by atoms with Crippen LogP contribution in [0.2, 0.25) is 0 Å². The van der Waals surface area contributed by atoms with E-state index in [4.69, 9.17) is 4.74 Å². The Morgan fingerprint density at radius 3 is 2.04 bits per heavy atom. The van der Waals surface area contributed by atoms with Gasteiger partial charge in [-0.1, -0.05) is 56.3 Å². The number of nitrogens with zero attached hydrogens (tertiary/aromatic N) is 1. The minimum absolute atomic E-state index is 0.0749. The van der Waals surface area contributed by atoms with Crippen LogP contribution >= 0.6 is 0 Å². The third-order valence-electron chi connectivity index (χ3n) is 7.44. The molecule has 16 heteroatoms. The van der Waals surface area contributed by atoms with Gasteiger partial charge in [-0.2, -0.15) is 27.2 Å². The van der Waals surface area contributed by atoms with Crippen LogP contribution in [0.4, 0.5) is 22.0 Å². The van der Waals surface area contributed by atoms with Crippen molar-refractivity contribution in [2.24, 2.45) is 5.92 Å². The van der Waals surface area contributed by atoms with Gasteiger partial charge in [-0.15, -0.1) is 0 Å². The van der Waals surface area contributed by atoms with Crippen molar-refractivity contribution in [1.29, 1.82) is 5.26 Å². The van der Waals surface area contributed by atoms with Crippen LogP contribution in [0.15, 0.2) is 78.9 Å². The van der Waals surface area contributed by atoms with Gasteiger partial charge in [-0.25, -0.2) is 0 Å². The second-order valence-electron chi connectivity index (χ2n) is 11.6. The summed E-state index contributed by atoms with van der Waals surface area (Å²) in [4.78, 5) is 65.7. The maximum Gasteiger partial charge on any atom is 0.405 e. The summed E-state index contributed by atoms with van der Waals surface area (Å²) in [6, 6.07) is 16.4. The van der Waals surface area contributed by atoms with E-state index in [0.717, 1.165) is 5.32 Å². The minimum Gasteiger partial charge on any atom is -0.497 e. The predicted molar refractivity (Wildman–Crippen MR) is 172 cm³/mol. The van der Waals surface area contributed by atoms with E-state index in [9.17, 15) is 51.2 Å². The van der Waals surface area contributed by atoms with Crippen molar-refractivity contribution < 1.29 is 50.7 Å². The molecule has 0 fully saturated rings. The van der Waals surface area contributed by atoms with E-state index in [1.807, 2.05) is 6.07 Å². The number of nitrogens with one attached hydrogen (secondary N) is 4. The number of rotatable bonds is 15. The van der Waals surface area contributed by atoms with E-state index in [0.29, 0.717) is 11.3 Å². The third-order valence-corrected chi connectivity index (χ3v) is 7.44. The third kappa shape index (κ3) is 11.1. The number of benzene rings is 3. The smallest absolute Gasteiger partial charge is 0.405 e. The van der Waals surface area contributed by atoms with Crippen molar-refractivity contribution in [3.8, 4) is 11.8 Å². The fourth-order valence-electron chi connectivity index (χ4n) is 4.75. The minimum atomic E-state index is -5.04. The Labute approximate surface area is 289 Å². The lowest BCUT2D eigenvalue weighted by atomic mass is 9.94. The SMILES string of the molecule is COc1ccc(C(NC(=O)C(Cc2cccc(C#N)c2)NC(=O)c2ccccc2)C(=O)NC(C(=O)C(F)(F)C(=O)NCC(F)(F)F)C(C)C)cc1. The molecule has 4 N–H and O–H groups in total. The second-order valence-corrected chi connectivity index (χ2v) is 11.6. The largest absolute Gasteiger partial charge is 0.497 e. The Morgan fingerprint density at radius 1 is 0.824 bits per heavy atom. The van der Waals surface area contributed by atoms with Gasteiger partial charge in [-0.05, 0) is 53.4 Å². The molecule has 0 aliphatic rings. The topological polar surface area (TPSA) is 166 Å². The molecule has 0 radical (unpaired) electrons. The van der Waals surface area contributed by atoms with Crippen molar-refractivity contribution in [3.63, 3.8) is 0 Å². The number of ketones is 1. The summed E-state index contributed by atoms with van der Waals surface area (Å²) in [5.74, 6) is -13.2. The summed E-state index contributed by atoms with van der Waals surface area (Å²) in [7, 11) is 1.37. The molecule has 0 aromatic heterocycles. The fourth-order valence-corrected chi connectivity index (χ4v) is 4.75. The van der Waals surface area contributed by atoms with E-state index in [1.54, 1.807) is 30.3 Å². The summed E-state index contributed by atoms with van der Waals surface area (Å²) in [5.41, 5.74) is 1.00. The van der Waals surface area contributed by atoms with Crippen LogP contribution in [-0.2, 0) is 25.6 Å². The Morgan fingerprint density at radius 2 is 1.47 bits per heavy atom. The highest BCUT2D eigenvalue weighted by atomic mass is 19.4. The molecule has 3 atom stereocenters. The second kappa shape index (κ2) is 17.2. The van der Waals surface area contributed by atoms with Crippen LogP contribution in [0, 0.1) is 17.2 Å². The number of nitriles is 1. The average Bonchev–Trinajstić information content (AvgIpc) is 3.10. The highest BCUT2D eigenvalue weighted by Gasteiger charge is 2.52. The highest BCUT2D eigenvalue weighted by Crippen LogP contribution is 2.24. The van der Waals surface area contributed by atoms with E-state index in [1.165, 1.54) is 69.5 Å². The lowest BCUT2D eigenvalue weighted by Crippen LogP contribution is -2.58. The van der Waals surface area contributed by atoms with Gasteiger partial charge in [0, 0.05) is 12.0 Å². The maximum atomic E-state index is 14.9. The average molecular weight is 716 g/mol. The normalized spacial score (nSPS) is 13.2. The molecule has 0 saturated heterocycles. The van der Waals surface area contributed by atoms with Crippen molar-refractivity contribution in [1.82, 2.24) is 21.3 Å². The number of hydrogen-bond acceptors (Lipinski definition) is 7. The Bertz CT molecular complexity index is 1760. The quantitative estimate of drug-likeness (QED) is 0.137. The predicted octanol–water partition coefficient (Wildman–Crippen LogP) is 3.79. The van der Waals surface area contributed by atoms with Crippen molar-refractivity contribution >= 4 is 29.4 Å². The van der Waals surface area contributed by atoms with Crippen molar-refractivity contribution in [2.75, 3.05) is 13.7 Å². The molecule has 0 bridgehead atoms. The molecular formula is C35H34F5N5O6. The molecule has 51 heavy (non-hydrogen) atoms. The van der Waals surface area contributed by atoms with Gasteiger partial charge in [0.25, 0.3) is 11.8 Å². The first kappa shape index (κ1) is 39.6. The number of alkyl halides is 5. The molecule has 0 aliphatic carbocycles. The number of methoxy groups -OCH3 is 1. The van der Waals surface area contributed by atoms with Gasteiger partial charge < -0.3 is 26.0 Å². The number of carbonyl (C=O) groups excluding carboxylic acids is 5. The van der Waals surface area contributed by atoms with Crippen LogP contribution in [-0.4, -0.2) is 67.2 Å². The van der Waals surface area contributed by atoms with Gasteiger partial charge in [0.2, 0.25) is 17.6 Å². The molecule has 0 saturated carbocycles. The Balaban J connectivity index is 1.97. The zero-order valence-corrected chi connectivity index (χ0v) is 27.5. The molecule has 0 heterocycles. The lowest BCUT2D eigenvalue weighted by Gasteiger charge is -2.28. The van der Waals surface area contributed by atoms with Gasteiger partial charge in [0.1, 0.15) is 24.4 Å². The molecule has 0 spiro atoms. The van der Waals surface area contributed by atoms with Crippen LogP contribution in [0.1, 0.15) is 46.9 Å². The van der Waals surface area contributed by atoms with E-state index in [2.05, 4.69) is 16.0 Å². The first-order chi connectivity index (χ1) is 24.0. The molecule has 4 amide bonds. The molecular weight excluding hydrogens is 681 g/mol. The maximum absolute atomic E-state index is 14.9. The standard InChI is InChI=1S/C35H34F5N5O6/c1-20(2)27(29(46)35(39,40)33(50)42-19-34(36,37)38)44-32(49)28(23-12-14-25(51-3)15-13-23)45-31(48)26(17-21-8-7-9-22(16-21)18-41)43-30(47)24-10-5-4-6-11-24/h4-16,20,26-28H,17,19H2,1-3H3,(H,42,50)(H,43,47)(H,44,49)(H,45,48). The van der Waals surface area contributed by atoms with Crippen LogP contribution < -0.4 is 26.0 Å². The number of Topliss-reactive ketones (excluding diaryl/α,β-unsaturated/α-hetero) is 1. The van der Waals surface area contributed by atoms with Crippen LogP contribution in [0.25, 0.3) is 0 Å². The fraction of sp³-hybridized carbons (Fsp3) is 0.314. The first-order valence-electron chi connectivity index (χ1n) is 15.3. The number of halogens is 5. The molecule has 3 aromatic carbocycles. The highest BCUT2D eigenvalue weighted by molar-refractivity contribution is 6.11. The van der Waals surface area contributed by atoms with E-state index >= 15 is 0 Å². The Hall–Kier alpha value is -5.85. The monoisotopic (exact) mass is 715 g/mol. The van der Waals surface area contributed by atoms with E-state index < -0.39 is 72.1 Å². The van der Waals surface area contributed by atoms with Crippen LogP contribution in [0.5, 0.6) is 5.75 Å². The van der Waals surface area contributed by atoms with Crippen LogP contribution in [0.3, 0.4) is 0 Å². The molecule has 3 aromatic rings. The van der Waals surface area contributed by atoms with Gasteiger partial charge in [0.05, 0.1) is 24.8 Å². The van der Waals surface area contributed by atoms with E-state index in [-0.39, 0.29) is 23.1 Å². The summed E-state index contributed by atoms with van der Waals surface area (Å²) >= 11 is 0. The van der Waals surface area contributed by atoms with Crippen molar-refractivity contribution in [3.05, 3.63) is 101 Å². The number of amides is 4. The molecule has 3 rings (SSSR count). The zero-order valence-electron chi connectivity index (χ0n) is 27.5.